The number of methoxy groups -OCH3 is 1. The predicted octanol–water partition coefficient (Wildman–Crippen LogP) is 2.20. The summed E-state index contributed by atoms with van der Waals surface area (Å²) in [6, 6.07) is 8.25. The molecule has 1 saturated heterocycles. The minimum atomic E-state index is -4.67. The summed E-state index contributed by atoms with van der Waals surface area (Å²) in [5, 5.41) is 12.6. The van der Waals surface area contributed by atoms with Crippen LogP contribution in [0.3, 0.4) is 0 Å². The normalized spacial score (nSPS) is 16.3. The van der Waals surface area contributed by atoms with Crippen molar-refractivity contribution in [3.63, 3.8) is 0 Å². The van der Waals surface area contributed by atoms with Crippen molar-refractivity contribution in [2.75, 3.05) is 40.0 Å². The van der Waals surface area contributed by atoms with E-state index in [0.717, 1.165) is 18.2 Å². The van der Waals surface area contributed by atoms with Crippen LogP contribution in [0.25, 0.3) is 0 Å². The van der Waals surface area contributed by atoms with Gasteiger partial charge in [-0.25, -0.2) is 8.42 Å². The van der Waals surface area contributed by atoms with E-state index in [2.05, 4.69) is 5.32 Å². The molecule has 33 heavy (non-hydrogen) atoms. The number of sulfonamides is 1. The van der Waals surface area contributed by atoms with Crippen molar-refractivity contribution in [3.8, 4) is 5.75 Å². The summed E-state index contributed by atoms with van der Waals surface area (Å²) >= 11 is 0. The van der Waals surface area contributed by atoms with Crippen LogP contribution in [0.4, 0.5) is 13.2 Å². The van der Waals surface area contributed by atoms with Gasteiger partial charge < -0.3 is 19.9 Å². The van der Waals surface area contributed by atoms with Gasteiger partial charge in [-0.05, 0) is 29.8 Å². The van der Waals surface area contributed by atoms with Gasteiger partial charge in [-0.1, -0.05) is 18.2 Å². The van der Waals surface area contributed by atoms with Crippen molar-refractivity contribution in [3.05, 3.63) is 59.2 Å². The van der Waals surface area contributed by atoms with Gasteiger partial charge in [0.2, 0.25) is 10.0 Å². The van der Waals surface area contributed by atoms with Crippen LogP contribution in [0.15, 0.2) is 47.4 Å². The molecular weight excluding hydrogens is 465 g/mol. The Bertz CT molecular complexity index is 1100. The van der Waals surface area contributed by atoms with Crippen molar-refractivity contribution >= 4 is 15.9 Å². The summed E-state index contributed by atoms with van der Waals surface area (Å²) in [6.45, 7) is 0.303. The van der Waals surface area contributed by atoms with E-state index in [1.54, 1.807) is 0 Å². The predicted molar refractivity (Wildman–Crippen MR) is 111 cm³/mol. The molecule has 2 N–H and O–H groups in total. The molecule has 1 amide bonds. The number of aliphatic hydroxyl groups excluding tert-OH is 1. The largest absolute Gasteiger partial charge is 0.496 e. The maximum atomic E-state index is 13.2. The molecule has 2 aromatic rings. The molecule has 1 unspecified atom stereocenters. The van der Waals surface area contributed by atoms with Crippen LogP contribution in [0.1, 0.15) is 27.6 Å². The topological polar surface area (TPSA) is 105 Å². The summed E-state index contributed by atoms with van der Waals surface area (Å²) in [5.41, 5.74) is -1.54. The molecule has 1 aliphatic heterocycles. The number of alkyl halides is 3. The Hall–Kier alpha value is -2.67. The average molecular weight is 488 g/mol. The summed E-state index contributed by atoms with van der Waals surface area (Å²) in [6.07, 6.45) is -6.31. The van der Waals surface area contributed by atoms with Crippen LogP contribution >= 0.6 is 0 Å². The Morgan fingerprint density at radius 1 is 1.21 bits per heavy atom. The van der Waals surface area contributed by atoms with E-state index >= 15 is 0 Å². The second-order valence-corrected chi connectivity index (χ2v) is 9.13. The molecule has 12 heteroatoms. The lowest BCUT2D eigenvalue weighted by molar-refractivity contribution is -0.139. The molecule has 2 aromatic carbocycles. The molecule has 1 atom stereocenters. The number of hydrogen-bond donors (Lipinski definition) is 2. The quantitative estimate of drug-likeness (QED) is 0.619. The molecule has 1 fully saturated rings. The fraction of sp³-hybridized carbons (Fsp3) is 0.381. The Labute approximate surface area is 189 Å². The zero-order valence-electron chi connectivity index (χ0n) is 17.6. The van der Waals surface area contributed by atoms with Crippen molar-refractivity contribution < 1.29 is 41.0 Å². The molecule has 1 aliphatic rings. The zero-order valence-corrected chi connectivity index (χ0v) is 18.4. The standard InChI is InChI=1S/C21H23F3N2O6S/c1-31-19-7-6-14(33(29,30)26-8-10-32-11-9-26)12-16(19)20(28)25-13-18(27)15-4-2-3-5-17(15)21(22,23)24/h2-7,12,18,27H,8-11,13H2,1H3,(H,25,28). The molecule has 1 heterocycles. The fourth-order valence-corrected chi connectivity index (χ4v) is 4.84. The number of benzene rings is 2. The number of morpholine rings is 1. The number of carbonyl (C=O) groups excluding carboxylic acids is 1. The first-order chi connectivity index (χ1) is 15.6. The monoisotopic (exact) mass is 488 g/mol. The number of nitrogens with zero attached hydrogens (tertiary/aromatic N) is 1. The highest BCUT2D eigenvalue weighted by molar-refractivity contribution is 7.89. The second kappa shape index (κ2) is 10.1. The Balaban J connectivity index is 1.81. The minimum absolute atomic E-state index is 0.0682. The van der Waals surface area contributed by atoms with Gasteiger partial charge in [-0.15, -0.1) is 0 Å². The molecule has 0 spiro atoms. The maximum absolute atomic E-state index is 13.2. The van der Waals surface area contributed by atoms with Gasteiger partial charge in [-0.3, -0.25) is 4.79 Å². The van der Waals surface area contributed by atoms with E-state index in [9.17, 15) is 31.5 Å². The van der Waals surface area contributed by atoms with Crippen LogP contribution in [0.5, 0.6) is 5.75 Å². The van der Waals surface area contributed by atoms with Gasteiger partial charge in [0.25, 0.3) is 5.91 Å². The van der Waals surface area contributed by atoms with Crippen LogP contribution in [0.2, 0.25) is 0 Å². The smallest absolute Gasteiger partial charge is 0.416 e. The molecule has 0 radical (unpaired) electrons. The number of aliphatic hydroxyl groups is 1. The van der Waals surface area contributed by atoms with Crippen molar-refractivity contribution in [1.82, 2.24) is 9.62 Å². The van der Waals surface area contributed by atoms with Gasteiger partial charge in [0, 0.05) is 19.6 Å². The molecule has 180 valence electrons. The van der Waals surface area contributed by atoms with E-state index in [0.29, 0.717) is 0 Å². The molecule has 0 bridgehead atoms. The van der Waals surface area contributed by atoms with E-state index in [4.69, 9.17) is 9.47 Å². The summed E-state index contributed by atoms with van der Waals surface area (Å²) in [7, 11) is -2.61. The Kier molecular flexibility index (Phi) is 7.62. The number of nitrogens with one attached hydrogen (secondary N) is 1. The third kappa shape index (κ3) is 5.64. The first kappa shape index (κ1) is 25.0. The van der Waals surface area contributed by atoms with Crippen molar-refractivity contribution in [1.29, 1.82) is 0 Å². The number of carbonyl (C=O) groups is 1. The molecule has 0 aliphatic carbocycles. The Morgan fingerprint density at radius 2 is 1.88 bits per heavy atom. The third-order valence-corrected chi connectivity index (χ3v) is 7.00. The molecule has 3 rings (SSSR count). The number of halogens is 3. The van der Waals surface area contributed by atoms with Crippen LogP contribution in [0, 0.1) is 0 Å². The van der Waals surface area contributed by atoms with Crippen molar-refractivity contribution in [2.45, 2.75) is 17.2 Å². The van der Waals surface area contributed by atoms with E-state index in [1.165, 1.54) is 35.7 Å². The van der Waals surface area contributed by atoms with Crippen LogP contribution in [-0.2, 0) is 20.9 Å². The van der Waals surface area contributed by atoms with E-state index < -0.39 is 40.3 Å². The third-order valence-electron chi connectivity index (χ3n) is 5.10. The molecule has 8 nitrogen and oxygen atoms in total. The summed E-state index contributed by atoms with van der Waals surface area (Å²) < 4.78 is 76.9. The second-order valence-electron chi connectivity index (χ2n) is 7.19. The Morgan fingerprint density at radius 3 is 2.52 bits per heavy atom. The molecule has 0 aromatic heterocycles. The highest BCUT2D eigenvalue weighted by Crippen LogP contribution is 2.34. The van der Waals surface area contributed by atoms with Gasteiger partial charge >= 0.3 is 6.18 Å². The first-order valence-corrected chi connectivity index (χ1v) is 11.4. The fourth-order valence-electron chi connectivity index (χ4n) is 3.40. The number of rotatable bonds is 7. The minimum Gasteiger partial charge on any atom is -0.496 e. The lowest BCUT2D eigenvalue weighted by Gasteiger charge is -2.26. The van der Waals surface area contributed by atoms with Crippen molar-refractivity contribution in [2.24, 2.45) is 0 Å². The van der Waals surface area contributed by atoms with Crippen LogP contribution < -0.4 is 10.1 Å². The summed E-state index contributed by atoms with van der Waals surface area (Å²) in [4.78, 5) is 12.6. The number of ether oxygens (including phenoxy) is 2. The van der Waals surface area contributed by atoms with Gasteiger partial charge in [-0.2, -0.15) is 17.5 Å². The highest BCUT2D eigenvalue weighted by Gasteiger charge is 2.35. The maximum Gasteiger partial charge on any atom is 0.416 e. The van der Waals surface area contributed by atoms with E-state index in [-0.39, 0.29) is 48.1 Å². The molecular formula is C21H23F3N2O6S. The lowest BCUT2D eigenvalue weighted by atomic mass is 10.0. The summed E-state index contributed by atoms with van der Waals surface area (Å²) in [5.74, 6) is -0.743. The average Bonchev–Trinajstić information content (AvgIpc) is 2.81. The van der Waals surface area contributed by atoms with E-state index in [1.807, 2.05) is 0 Å². The van der Waals surface area contributed by atoms with Gasteiger partial charge in [0.1, 0.15) is 5.75 Å². The SMILES string of the molecule is COc1ccc(S(=O)(=O)N2CCOCC2)cc1C(=O)NCC(O)c1ccccc1C(F)(F)F. The number of hydrogen-bond acceptors (Lipinski definition) is 6. The van der Waals surface area contributed by atoms with Gasteiger partial charge in [0.05, 0.1) is 42.4 Å². The van der Waals surface area contributed by atoms with Crippen LogP contribution in [-0.4, -0.2) is 63.7 Å². The first-order valence-electron chi connectivity index (χ1n) is 9.94. The molecule has 0 saturated carbocycles. The lowest BCUT2D eigenvalue weighted by Crippen LogP contribution is -2.40. The zero-order chi connectivity index (χ0) is 24.2. The number of amides is 1. The van der Waals surface area contributed by atoms with Gasteiger partial charge in [0.15, 0.2) is 0 Å². The highest BCUT2D eigenvalue weighted by atomic mass is 32.2.